The summed E-state index contributed by atoms with van der Waals surface area (Å²) >= 11 is 1.89. The lowest BCUT2D eigenvalue weighted by atomic mass is 10.2. The van der Waals surface area contributed by atoms with Gasteiger partial charge in [-0.2, -0.15) is 11.8 Å². The van der Waals surface area contributed by atoms with Crippen LogP contribution in [0.1, 0.15) is 29.8 Å². The van der Waals surface area contributed by atoms with Gasteiger partial charge < -0.3 is 10.4 Å². The fourth-order valence-electron chi connectivity index (χ4n) is 2.20. The van der Waals surface area contributed by atoms with Crippen LogP contribution >= 0.6 is 11.8 Å². The first-order chi connectivity index (χ1) is 8.20. The molecular formula is C12H16N2O2S. The Balaban J connectivity index is 2.06. The lowest BCUT2D eigenvalue weighted by Gasteiger charge is -2.15. The number of aromatic carboxylic acids is 1. The van der Waals surface area contributed by atoms with Crippen molar-refractivity contribution in [3.8, 4) is 0 Å². The van der Waals surface area contributed by atoms with Gasteiger partial charge in [0.25, 0.3) is 0 Å². The molecule has 5 heteroatoms. The van der Waals surface area contributed by atoms with Crippen LogP contribution in [0, 0.1) is 0 Å². The SMILES string of the molecule is CSC1CCC(Nc2cccnc2C(=O)O)C1. The Morgan fingerprint density at radius 1 is 1.59 bits per heavy atom. The third-order valence-electron chi connectivity index (χ3n) is 3.09. The Morgan fingerprint density at radius 3 is 3.06 bits per heavy atom. The summed E-state index contributed by atoms with van der Waals surface area (Å²) in [5.74, 6) is -0.979. The number of nitrogens with one attached hydrogen (secondary N) is 1. The smallest absolute Gasteiger partial charge is 0.356 e. The van der Waals surface area contributed by atoms with Crippen LogP contribution in [-0.2, 0) is 0 Å². The maximum atomic E-state index is 11.0. The fourth-order valence-corrected chi connectivity index (χ4v) is 2.99. The van der Waals surface area contributed by atoms with Gasteiger partial charge in [-0.15, -0.1) is 0 Å². The van der Waals surface area contributed by atoms with Crippen molar-refractivity contribution in [2.45, 2.75) is 30.6 Å². The van der Waals surface area contributed by atoms with E-state index in [4.69, 9.17) is 5.11 Å². The maximum Gasteiger partial charge on any atom is 0.356 e. The van der Waals surface area contributed by atoms with Gasteiger partial charge in [-0.05, 0) is 37.7 Å². The molecule has 2 rings (SSSR count). The molecule has 1 aromatic rings. The molecule has 0 saturated heterocycles. The molecular weight excluding hydrogens is 236 g/mol. The fraction of sp³-hybridized carbons (Fsp3) is 0.500. The number of hydrogen-bond acceptors (Lipinski definition) is 4. The van der Waals surface area contributed by atoms with E-state index in [1.807, 2.05) is 11.8 Å². The minimum absolute atomic E-state index is 0.111. The van der Waals surface area contributed by atoms with Crippen LogP contribution in [0.3, 0.4) is 0 Å². The van der Waals surface area contributed by atoms with E-state index in [-0.39, 0.29) is 5.69 Å². The van der Waals surface area contributed by atoms with Crippen molar-refractivity contribution in [2.24, 2.45) is 0 Å². The second-order valence-electron chi connectivity index (χ2n) is 4.22. The zero-order chi connectivity index (χ0) is 12.3. The number of carboxylic acids is 1. The van der Waals surface area contributed by atoms with Gasteiger partial charge in [0.05, 0.1) is 5.69 Å². The van der Waals surface area contributed by atoms with Crippen molar-refractivity contribution in [1.82, 2.24) is 4.98 Å². The summed E-state index contributed by atoms with van der Waals surface area (Å²) in [5, 5.41) is 13.0. The number of carboxylic acid groups (broad SMARTS) is 1. The summed E-state index contributed by atoms with van der Waals surface area (Å²) in [4.78, 5) is 14.9. The Labute approximate surface area is 105 Å². The second kappa shape index (κ2) is 5.40. The normalized spacial score (nSPS) is 23.6. The van der Waals surface area contributed by atoms with Gasteiger partial charge in [-0.3, -0.25) is 0 Å². The zero-order valence-corrected chi connectivity index (χ0v) is 10.5. The highest BCUT2D eigenvalue weighted by Crippen LogP contribution is 2.30. The molecule has 0 amide bonds. The van der Waals surface area contributed by atoms with Crippen molar-refractivity contribution >= 4 is 23.4 Å². The molecule has 1 saturated carbocycles. The summed E-state index contributed by atoms with van der Waals surface area (Å²) in [7, 11) is 0. The third-order valence-corrected chi connectivity index (χ3v) is 4.18. The average Bonchev–Trinajstić information content (AvgIpc) is 2.77. The molecule has 0 spiro atoms. The van der Waals surface area contributed by atoms with Crippen LogP contribution in [0.4, 0.5) is 5.69 Å². The third kappa shape index (κ3) is 2.91. The molecule has 0 aliphatic heterocycles. The van der Waals surface area contributed by atoms with Gasteiger partial charge >= 0.3 is 5.97 Å². The topological polar surface area (TPSA) is 62.2 Å². The quantitative estimate of drug-likeness (QED) is 0.862. The molecule has 1 aliphatic rings. The highest BCUT2D eigenvalue weighted by molar-refractivity contribution is 7.99. The number of carbonyl (C=O) groups is 1. The molecule has 17 heavy (non-hydrogen) atoms. The summed E-state index contributed by atoms with van der Waals surface area (Å²) in [6, 6.07) is 3.91. The molecule has 0 radical (unpaired) electrons. The Kier molecular flexibility index (Phi) is 3.89. The van der Waals surface area contributed by atoms with Crippen molar-refractivity contribution in [2.75, 3.05) is 11.6 Å². The van der Waals surface area contributed by atoms with Gasteiger partial charge in [0.1, 0.15) is 0 Å². The first kappa shape index (κ1) is 12.2. The van der Waals surface area contributed by atoms with E-state index in [1.54, 1.807) is 12.1 Å². The molecule has 1 fully saturated rings. The number of hydrogen-bond donors (Lipinski definition) is 2. The first-order valence-electron chi connectivity index (χ1n) is 5.68. The lowest BCUT2D eigenvalue weighted by Crippen LogP contribution is -2.18. The molecule has 2 atom stereocenters. The highest BCUT2D eigenvalue weighted by Gasteiger charge is 2.25. The molecule has 2 unspecified atom stereocenters. The molecule has 92 valence electrons. The molecule has 2 N–H and O–H groups in total. The van der Waals surface area contributed by atoms with Gasteiger partial charge in [0.2, 0.25) is 0 Å². The molecule has 0 aromatic carbocycles. The summed E-state index contributed by atoms with van der Waals surface area (Å²) in [6.07, 6.45) is 7.02. The molecule has 0 bridgehead atoms. The predicted octanol–water partition coefficient (Wildman–Crippen LogP) is 2.48. The largest absolute Gasteiger partial charge is 0.476 e. The van der Waals surface area contributed by atoms with E-state index < -0.39 is 5.97 Å². The van der Waals surface area contributed by atoms with Crippen molar-refractivity contribution < 1.29 is 9.90 Å². The van der Waals surface area contributed by atoms with Crippen molar-refractivity contribution in [1.29, 1.82) is 0 Å². The van der Waals surface area contributed by atoms with Crippen molar-refractivity contribution in [3.05, 3.63) is 24.0 Å². The molecule has 1 aliphatic carbocycles. The van der Waals surface area contributed by atoms with Crippen LogP contribution < -0.4 is 5.32 Å². The van der Waals surface area contributed by atoms with E-state index in [0.717, 1.165) is 12.8 Å². The Hall–Kier alpha value is -1.23. The summed E-state index contributed by atoms with van der Waals surface area (Å²) in [5.41, 5.74) is 0.742. The molecule has 1 aromatic heterocycles. The zero-order valence-electron chi connectivity index (χ0n) is 9.72. The Morgan fingerprint density at radius 2 is 2.41 bits per heavy atom. The monoisotopic (exact) mass is 252 g/mol. The van der Waals surface area contributed by atoms with Gasteiger partial charge in [-0.1, -0.05) is 0 Å². The van der Waals surface area contributed by atoms with E-state index in [9.17, 15) is 4.79 Å². The average molecular weight is 252 g/mol. The van der Waals surface area contributed by atoms with E-state index in [1.165, 1.54) is 12.6 Å². The minimum atomic E-state index is -0.979. The molecule has 1 heterocycles. The summed E-state index contributed by atoms with van der Waals surface area (Å²) in [6.45, 7) is 0. The van der Waals surface area contributed by atoms with Gasteiger partial charge in [-0.25, -0.2) is 9.78 Å². The lowest BCUT2D eigenvalue weighted by molar-refractivity contribution is 0.0691. The number of aromatic nitrogens is 1. The number of rotatable bonds is 4. The molecule has 4 nitrogen and oxygen atoms in total. The standard InChI is InChI=1S/C12H16N2O2S/c1-17-9-5-4-8(7-9)14-10-3-2-6-13-11(10)12(15)16/h2-3,6,8-9,14H,4-5,7H2,1H3,(H,15,16). The number of anilines is 1. The van der Waals surface area contributed by atoms with Crippen LogP contribution in [0.15, 0.2) is 18.3 Å². The Bertz CT molecular complexity index is 411. The highest BCUT2D eigenvalue weighted by atomic mass is 32.2. The van der Waals surface area contributed by atoms with E-state index in [0.29, 0.717) is 17.0 Å². The number of pyridine rings is 1. The second-order valence-corrected chi connectivity index (χ2v) is 5.35. The van der Waals surface area contributed by atoms with Crippen molar-refractivity contribution in [3.63, 3.8) is 0 Å². The summed E-state index contributed by atoms with van der Waals surface area (Å²) < 4.78 is 0. The van der Waals surface area contributed by atoms with Crippen LogP contribution in [0.5, 0.6) is 0 Å². The van der Waals surface area contributed by atoms with Crippen LogP contribution in [0.25, 0.3) is 0 Å². The van der Waals surface area contributed by atoms with Gasteiger partial charge in [0, 0.05) is 17.5 Å². The number of nitrogens with zero attached hydrogens (tertiary/aromatic N) is 1. The van der Waals surface area contributed by atoms with Gasteiger partial charge in [0.15, 0.2) is 5.69 Å². The van der Waals surface area contributed by atoms with Crippen LogP contribution in [-0.4, -0.2) is 33.6 Å². The predicted molar refractivity (Wildman–Crippen MR) is 69.8 cm³/mol. The first-order valence-corrected chi connectivity index (χ1v) is 6.97. The maximum absolute atomic E-state index is 11.0. The van der Waals surface area contributed by atoms with E-state index in [2.05, 4.69) is 16.6 Å². The van der Waals surface area contributed by atoms with Crippen LogP contribution in [0.2, 0.25) is 0 Å². The number of thioether (sulfide) groups is 1. The van der Waals surface area contributed by atoms with E-state index >= 15 is 0 Å². The minimum Gasteiger partial charge on any atom is -0.476 e.